The zero-order chi connectivity index (χ0) is 13.2. The Morgan fingerprint density at radius 1 is 1.00 bits per heavy atom. The summed E-state index contributed by atoms with van der Waals surface area (Å²) in [6.07, 6.45) is 5.44. The Balaban J connectivity index is 1.42. The minimum absolute atomic E-state index is 0.744. The highest BCUT2D eigenvalue weighted by Gasteiger charge is 2.08. The summed E-state index contributed by atoms with van der Waals surface area (Å²) in [7, 11) is 0. The molecule has 106 valence electrons. The van der Waals surface area contributed by atoms with Crippen LogP contribution >= 0.6 is 0 Å². The van der Waals surface area contributed by atoms with Crippen LogP contribution in [0.3, 0.4) is 0 Å². The van der Waals surface area contributed by atoms with E-state index in [4.69, 9.17) is 4.74 Å². The quantitative estimate of drug-likeness (QED) is 0.729. The molecule has 1 aromatic rings. The van der Waals surface area contributed by atoms with Gasteiger partial charge in [-0.25, -0.2) is 0 Å². The van der Waals surface area contributed by atoms with E-state index in [1.807, 2.05) is 30.3 Å². The Hall–Kier alpha value is -1.06. The van der Waals surface area contributed by atoms with Gasteiger partial charge in [0.2, 0.25) is 0 Å². The van der Waals surface area contributed by atoms with Crippen LogP contribution in [-0.2, 0) is 0 Å². The average Bonchev–Trinajstić information content (AvgIpc) is 2.48. The van der Waals surface area contributed by atoms with Crippen LogP contribution in [0.4, 0.5) is 0 Å². The standard InChI is InChI=1S/C16H26N2O/c1-3-8-16(9-4-1)19-15-11-17-10-7-14-18-12-5-2-6-13-18/h1,3-4,8-9,17H,2,5-7,10-15H2. The number of hydrogen-bond donors (Lipinski definition) is 1. The summed E-state index contributed by atoms with van der Waals surface area (Å²) in [4.78, 5) is 2.59. The van der Waals surface area contributed by atoms with Gasteiger partial charge in [-0.05, 0) is 57.6 Å². The fourth-order valence-corrected chi connectivity index (χ4v) is 2.49. The van der Waals surface area contributed by atoms with Crippen molar-refractivity contribution in [2.24, 2.45) is 0 Å². The lowest BCUT2D eigenvalue weighted by Gasteiger charge is -2.26. The second kappa shape index (κ2) is 8.94. The van der Waals surface area contributed by atoms with Crippen molar-refractivity contribution in [1.29, 1.82) is 0 Å². The van der Waals surface area contributed by atoms with Gasteiger partial charge in [0.1, 0.15) is 12.4 Å². The zero-order valence-corrected chi connectivity index (χ0v) is 11.8. The van der Waals surface area contributed by atoms with Crippen LogP contribution in [-0.4, -0.2) is 44.2 Å². The van der Waals surface area contributed by atoms with Crippen molar-refractivity contribution in [3.8, 4) is 5.75 Å². The summed E-state index contributed by atoms with van der Waals surface area (Å²) in [5.74, 6) is 0.956. The van der Waals surface area contributed by atoms with Gasteiger partial charge in [0, 0.05) is 6.54 Å². The second-order valence-electron chi connectivity index (χ2n) is 5.17. The first kappa shape index (κ1) is 14.4. The molecule has 1 N–H and O–H groups in total. The lowest BCUT2D eigenvalue weighted by atomic mass is 10.1. The SMILES string of the molecule is c1ccc(OCCNCCCN2CCCCC2)cc1. The summed E-state index contributed by atoms with van der Waals surface area (Å²) in [6.45, 7) is 6.61. The van der Waals surface area contributed by atoms with Crippen LogP contribution in [0, 0.1) is 0 Å². The largest absolute Gasteiger partial charge is 0.492 e. The van der Waals surface area contributed by atoms with Crippen molar-refractivity contribution >= 4 is 0 Å². The van der Waals surface area contributed by atoms with Crippen LogP contribution in [0.5, 0.6) is 5.75 Å². The van der Waals surface area contributed by atoms with Gasteiger partial charge in [-0.3, -0.25) is 0 Å². The summed E-state index contributed by atoms with van der Waals surface area (Å²) in [5.41, 5.74) is 0. The van der Waals surface area contributed by atoms with Gasteiger partial charge < -0.3 is 15.0 Å². The molecule has 3 heteroatoms. The van der Waals surface area contributed by atoms with E-state index in [1.54, 1.807) is 0 Å². The molecule has 1 saturated heterocycles. The summed E-state index contributed by atoms with van der Waals surface area (Å²) in [6, 6.07) is 10.0. The molecule has 0 atom stereocenters. The third kappa shape index (κ3) is 6.08. The maximum atomic E-state index is 5.63. The van der Waals surface area contributed by atoms with E-state index >= 15 is 0 Å². The average molecular weight is 262 g/mol. The highest BCUT2D eigenvalue weighted by molar-refractivity contribution is 5.20. The fourth-order valence-electron chi connectivity index (χ4n) is 2.49. The Morgan fingerprint density at radius 3 is 2.58 bits per heavy atom. The molecule has 0 aromatic heterocycles. The molecule has 1 aliphatic rings. The molecule has 0 radical (unpaired) electrons. The first-order valence-corrected chi connectivity index (χ1v) is 7.56. The molecule has 1 aromatic carbocycles. The minimum Gasteiger partial charge on any atom is -0.492 e. The molecule has 1 heterocycles. The number of ether oxygens (including phenoxy) is 1. The molecule has 1 aliphatic heterocycles. The van der Waals surface area contributed by atoms with Crippen molar-refractivity contribution < 1.29 is 4.74 Å². The lowest BCUT2D eigenvalue weighted by molar-refractivity contribution is 0.225. The van der Waals surface area contributed by atoms with Gasteiger partial charge in [-0.15, -0.1) is 0 Å². The van der Waals surface area contributed by atoms with Crippen molar-refractivity contribution in [1.82, 2.24) is 10.2 Å². The number of rotatable bonds is 8. The second-order valence-corrected chi connectivity index (χ2v) is 5.17. The number of piperidine rings is 1. The topological polar surface area (TPSA) is 24.5 Å². The van der Waals surface area contributed by atoms with Crippen molar-refractivity contribution in [3.05, 3.63) is 30.3 Å². The Kier molecular flexibility index (Phi) is 6.75. The molecule has 0 amide bonds. The number of nitrogens with zero attached hydrogens (tertiary/aromatic N) is 1. The first-order valence-electron chi connectivity index (χ1n) is 7.56. The molecule has 19 heavy (non-hydrogen) atoms. The normalized spacial score (nSPS) is 16.4. The van der Waals surface area contributed by atoms with Gasteiger partial charge in [-0.1, -0.05) is 24.6 Å². The molecular weight excluding hydrogens is 236 g/mol. The molecule has 3 nitrogen and oxygen atoms in total. The first-order chi connectivity index (χ1) is 9.45. The van der Waals surface area contributed by atoms with Crippen LogP contribution in [0.25, 0.3) is 0 Å². The molecule has 0 aliphatic carbocycles. The van der Waals surface area contributed by atoms with Crippen molar-refractivity contribution in [3.63, 3.8) is 0 Å². The van der Waals surface area contributed by atoms with Gasteiger partial charge in [0.15, 0.2) is 0 Å². The predicted octanol–water partition coefficient (Wildman–Crippen LogP) is 2.53. The molecule has 0 bridgehead atoms. The van der Waals surface area contributed by atoms with E-state index in [9.17, 15) is 0 Å². The minimum atomic E-state index is 0.744. The van der Waals surface area contributed by atoms with Crippen LogP contribution in [0.2, 0.25) is 0 Å². The number of para-hydroxylation sites is 1. The summed E-state index contributed by atoms with van der Waals surface area (Å²) >= 11 is 0. The molecule has 0 unspecified atom stereocenters. The monoisotopic (exact) mass is 262 g/mol. The fraction of sp³-hybridized carbons (Fsp3) is 0.625. The number of nitrogens with one attached hydrogen (secondary N) is 1. The maximum Gasteiger partial charge on any atom is 0.119 e. The van der Waals surface area contributed by atoms with E-state index in [-0.39, 0.29) is 0 Å². The van der Waals surface area contributed by atoms with Crippen LogP contribution in [0.15, 0.2) is 30.3 Å². The molecule has 0 spiro atoms. The highest BCUT2D eigenvalue weighted by Crippen LogP contribution is 2.08. The number of hydrogen-bond acceptors (Lipinski definition) is 3. The summed E-state index contributed by atoms with van der Waals surface area (Å²) in [5, 5.41) is 3.44. The van der Waals surface area contributed by atoms with E-state index in [0.717, 1.165) is 25.4 Å². The molecule has 1 fully saturated rings. The van der Waals surface area contributed by atoms with E-state index in [2.05, 4.69) is 10.2 Å². The van der Waals surface area contributed by atoms with Gasteiger partial charge in [0.05, 0.1) is 0 Å². The van der Waals surface area contributed by atoms with Crippen LogP contribution < -0.4 is 10.1 Å². The van der Waals surface area contributed by atoms with E-state index < -0.39 is 0 Å². The molecule has 2 rings (SSSR count). The van der Waals surface area contributed by atoms with Gasteiger partial charge >= 0.3 is 0 Å². The smallest absolute Gasteiger partial charge is 0.119 e. The van der Waals surface area contributed by atoms with E-state index in [1.165, 1.54) is 45.3 Å². The van der Waals surface area contributed by atoms with Gasteiger partial charge in [-0.2, -0.15) is 0 Å². The Bertz CT molecular complexity index is 323. The lowest BCUT2D eigenvalue weighted by Crippen LogP contribution is -2.32. The number of likely N-dealkylation sites (tertiary alicyclic amines) is 1. The Morgan fingerprint density at radius 2 is 1.79 bits per heavy atom. The van der Waals surface area contributed by atoms with Gasteiger partial charge in [0.25, 0.3) is 0 Å². The van der Waals surface area contributed by atoms with E-state index in [0.29, 0.717) is 0 Å². The summed E-state index contributed by atoms with van der Waals surface area (Å²) < 4.78 is 5.63. The zero-order valence-electron chi connectivity index (χ0n) is 11.8. The highest BCUT2D eigenvalue weighted by atomic mass is 16.5. The third-order valence-corrected chi connectivity index (χ3v) is 3.57. The van der Waals surface area contributed by atoms with Crippen LogP contribution in [0.1, 0.15) is 25.7 Å². The number of benzene rings is 1. The molecule has 0 saturated carbocycles. The maximum absolute atomic E-state index is 5.63. The predicted molar refractivity (Wildman–Crippen MR) is 79.7 cm³/mol. The molecular formula is C16H26N2O. The van der Waals surface area contributed by atoms with Crippen molar-refractivity contribution in [2.45, 2.75) is 25.7 Å². The third-order valence-electron chi connectivity index (χ3n) is 3.57. The Labute approximate surface area is 116 Å². The van der Waals surface area contributed by atoms with Crippen molar-refractivity contribution in [2.75, 3.05) is 39.3 Å².